The molecule has 1 saturated carbocycles. The third-order valence-electron chi connectivity index (χ3n) is 4.97. The lowest BCUT2D eigenvalue weighted by Crippen LogP contribution is -2.37. The van der Waals surface area contributed by atoms with Crippen molar-refractivity contribution in [2.24, 2.45) is 0 Å². The van der Waals surface area contributed by atoms with Gasteiger partial charge in [-0.05, 0) is 43.5 Å². The van der Waals surface area contributed by atoms with Gasteiger partial charge in [0.05, 0.1) is 6.10 Å². The Kier molecular flexibility index (Phi) is 5.97. The van der Waals surface area contributed by atoms with Crippen molar-refractivity contribution in [3.63, 3.8) is 0 Å². The topological polar surface area (TPSA) is 66.4 Å². The summed E-state index contributed by atoms with van der Waals surface area (Å²) in [7, 11) is -3.50. The maximum atomic E-state index is 12.4. The van der Waals surface area contributed by atoms with E-state index in [1.54, 1.807) is 24.3 Å². The summed E-state index contributed by atoms with van der Waals surface area (Å²) in [5.74, 6) is 0. The first-order chi connectivity index (χ1) is 12.4. The monoisotopic (exact) mass is 391 g/mol. The van der Waals surface area contributed by atoms with E-state index in [4.69, 9.17) is 0 Å². The van der Waals surface area contributed by atoms with Gasteiger partial charge in [-0.15, -0.1) is 11.3 Å². The highest BCUT2D eigenvalue weighted by molar-refractivity contribution is 7.92. The number of sulfonamides is 1. The van der Waals surface area contributed by atoms with Crippen LogP contribution < -0.4 is 4.72 Å². The molecule has 4 nitrogen and oxygen atoms in total. The molecule has 6 heteroatoms. The first-order valence-corrected chi connectivity index (χ1v) is 11.3. The summed E-state index contributed by atoms with van der Waals surface area (Å²) in [6.07, 6.45) is 5.26. The number of thiophene rings is 1. The third-order valence-corrected chi connectivity index (χ3v) is 7.52. The zero-order valence-electron chi connectivity index (χ0n) is 14.9. The molecular weight excluding hydrogens is 366 g/mol. The lowest BCUT2D eigenvalue weighted by atomic mass is 9.85. The van der Waals surface area contributed by atoms with Crippen LogP contribution >= 0.6 is 11.3 Å². The molecule has 0 bridgehead atoms. The summed E-state index contributed by atoms with van der Waals surface area (Å²) in [5.41, 5.74) is 0.694. The summed E-state index contributed by atoms with van der Waals surface area (Å²) in [6, 6.07) is 13.4. The lowest BCUT2D eigenvalue weighted by molar-refractivity contribution is 0.203. The maximum Gasteiger partial charge on any atom is 0.233 e. The van der Waals surface area contributed by atoms with Gasteiger partial charge in [0.1, 0.15) is 0 Å². The van der Waals surface area contributed by atoms with Gasteiger partial charge in [0.15, 0.2) is 0 Å². The van der Waals surface area contributed by atoms with E-state index in [1.165, 1.54) is 10.3 Å². The summed E-state index contributed by atoms with van der Waals surface area (Å²) >= 11 is 1.60. The Labute approximate surface area is 159 Å². The SMILES string of the molecule is CC(O)c1ccc(C2(CNS(=O)(=O)/C=C/c3ccccc3)CCCC2)s1. The molecule has 0 amide bonds. The largest absolute Gasteiger partial charge is 0.388 e. The van der Waals surface area contributed by atoms with Crippen LogP contribution in [0.1, 0.15) is 54.0 Å². The number of hydrogen-bond donors (Lipinski definition) is 2. The lowest BCUT2D eigenvalue weighted by Gasteiger charge is -2.28. The van der Waals surface area contributed by atoms with E-state index in [-0.39, 0.29) is 5.41 Å². The minimum Gasteiger partial charge on any atom is -0.388 e. The van der Waals surface area contributed by atoms with Gasteiger partial charge in [-0.25, -0.2) is 13.1 Å². The van der Waals surface area contributed by atoms with E-state index in [9.17, 15) is 13.5 Å². The van der Waals surface area contributed by atoms with Gasteiger partial charge < -0.3 is 5.11 Å². The van der Waals surface area contributed by atoms with Gasteiger partial charge in [-0.1, -0.05) is 43.2 Å². The highest BCUT2D eigenvalue weighted by atomic mass is 32.2. The average molecular weight is 392 g/mol. The molecule has 1 aromatic heterocycles. The van der Waals surface area contributed by atoms with Crippen LogP contribution in [0.3, 0.4) is 0 Å². The normalized spacial score (nSPS) is 18.4. The van der Waals surface area contributed by atoms with Gasteiger partial charge in [0.25, 0.3) is 0 Å². The fraction of sp³-hybridized carbons (Fsp3) is 0.400. The zero-order valence-corrected chi connectivity index (χ0v) is 16.5. The van der Waals surface area contributed by atoms with Crippen LogP contribution in [0.2, 0.25) is 0 Å². The van der Waals surface area contributed by atoms with E-state index in [0.29, 0.717) is 6.54 Å². The molecule has 0 saturated heterocycles. The van der Waals surface area contributed by atoms with Crippen LogP contribution in [0.15, 0.2) is 47.9 Å². The van der Waals surface area contributed by atoms with Crippen LogP contribution in [0.5, 0.6) is 0 Å². The Bertz CT molecular complexity index is 848. The van der Waals surface area contributed by atoms with Crippen LogP contribution in [-0.4, -0.2) is 20.1 Å². The molecule has 1 unspecified atom stereocenters. The van der Waals surface area contributed by atoms with E-state index in [0.717, 1.165) is 36.1 Å². The number of rotatable bonds is 7. The van der Waals surface area contributed by atoms with E-state index in [2.05, 4.69) is 4.72 Å². The van der Waals surface area contributed by atoms with Crippen molar-refractivity contribution in [2.45, 2.75) is 44.1 Å². The molecule has 1 atom stereocenters. The molecular formula is C20H25NO3S2. The van der Waals surface area contributed by atoms with Crippen molar-refractivity contribution in [2.75, 3.05) is 6.54 Å². The van der Waals surface area contributed by atoms with Crippen molar-refractivity contribution in [1.82, 2.24) is 4.72 Å². The van der Waals surface area contributed by atoms with Crippen molar-refractivity contribution in [1.29, 1.82) is 0 Å². The minimum atomic E-state index is -3.50. The standard InChI is InChI=1S/C20H25NO3S2/c1-16(22)18-9-10-19(25-18)20(12-5-6-13-20)15-21-26(23,24)14-11-17-7-3-2-4-8-17/h2-4,7-11,14,16,21-22H,5-6,12-13,15H2,1H3/b14-11+. The second-order valence-corrected chi connectivity index (χ2v) is 9.71. The molecule has 1 heterocycles. The second kappa shape index (κ2) is 8.05. The Morgan fingerprint density at radius 1 is 1.19 bits per heavy atom. The minimum absolute atomic E-state index is 0.161. The maximum absolute atomic E-state index is 12.4. The zero-order chi connectivity index (χ0) is 18.6. The van der Waals surface area contributed by atoms with Crippen molar-refractivity contribution in [3.05, 3.63) is 63.2 Å². The molecule has 3 rings (SSSR count). The predicted molar refractivity (Wildman–Crippen MR) is 107 cm³/mol. The quantitative estimate of drug-likeness (QED) is 0.743. The number of aliphatic hydroxyl groups excluding tert-OH is 1. The van der Waals surface area contributed by atoms with Gasteiger partial charge in [-0.3, -0.25) is 0 Å². The number of aliphatic hydroxyl groups is 1. The summed E-state index contributed by atoms with van der Waals surface area (Å²) < 4.78 is 27.6. The van der Waals surface area contributed by atoms with Crippen LogP contribution in [0, 0.1) is 0 Å². The molecule has 140 valence electrons. The van der Waals surface area contributed by atoms with Gasteiger partial charge >= 0.3 is 0 Å². The molecule has 1 aromatic carbocycles. The Balaban J connectivity index is 1.73. The van der Waals surface area contributed by atoms with Crippen LogP contribution in [0.25, 0.3) is 6.08 Å². The number of benzene rings is 1. The van der Waals surface area contributed by atoms with E-state index >= 15 is 0 Å². The number of hydrogen-bond acceptors (Lipinski definition) is 4. The van der Waals surface area contributed by atoms with Gasteiger partial charge in [-0.2, -0.15) is 0 Å². The molecule has 1 aliphatic rings. The molecule has 1 aliphatic carbocycles. The Hall–Kier alpha value is -1.47. The third kappa shape index (κ3) is 4.62. The molecule has 2 N–H and O–H groups in total. The fourth-order valence-corrected chi connectivity index (χ4v) is 5.54. The molecule has 0 aliphatic heterocycles. The fourth-order valence-electron chi connectivity index (χ4n) is 3.44. The molecule has 1 fully saturated rings. The van der Waals surface area contributed by atoms with Gasteiger partial charge in [0, 0.05) is 27.1 Å². The van der Waals surface area contributed by atoms with Crippen molar-refractivity contribution >= 4 is 27.4 Å². The summed E-state index contributed by atoms with van der Waals surface area (Å²) in [4.78, 5) is 2.10. The second-order valence-electron chi connectivity index (χ2n) is 6.94. The smallest absolute Gasteiger partial charge is 0.233 e. The van der Waals surface area contributed by atoms with Gasteiger partial charge in [0.2, 0.25) is 10.0 Å². The van der Waals surface area contributed by atoms with Crippen LogP contribution in [0.4, 0.5) is 0 Å². The highest BCUT2D eigenvalue weighted by Gasteiger charge is 2.37. The number of nitrogens with one attached hydrogen (secondary N) is 1. The average Bonchev–Trinajstić information content (AvgIpc) is 3.30. The van der Waals surface area contributed by atoms with E-state index < -0.39 is 16.1 Å². The molecule has 26 heavy (non-hydrogen) atoms. The summed E-state index contributed by atoms with van der Waals surface area (Å²) in [5, 5.41) is 11.0. The Morgan fingerprint density at radius 2 is 1.88 bits per heavy atom. The van der Waals surface area contributed by atoms with E-state index in [1.807, 2.05) is 42.5 Å². The predicted octanol–water partition coefficient (Wildman–Crippen LogP) is 4.20. The molecule has 2 aromatic rings. The van der Waals surface area contributed by atoms with Crippen molar-refractivity contribution < 1.29 is 13.5 Å². The molecule has 0 radical (unpaired) electrons. The molecule has 0 spiro atoms. The first kappa shape index (κ1) is 19.3. The van der Waals surface area contributed by atoms with Crippen molar-refractivity contribution in [3.8, 4) is 0 Å². The highest BCUT2D eigenvalue weighted by Crippen LogP contribution is 2.44. The first-order valence-electron chi connectivity index (χ1n) is 8.91. The van der Waals surface area contributed by atoms with Crippen LogP contribution in [-0.2, 0) is 15.4 Å². The summed E-state index contributed by atoms with van der Waals surface area (Å²) in [6.45, 7) is 2.16. The Morgan fingerprint density at radius 3 is 2.50 bits per heavy atom.